The van der Waals surface area contributed by atoms with E-state index in [1.165, 1.54) is 11.3 Å². The maximum absolute atomic E-state index is 10.1. The Balaban J connectivity index is 1.58. The number of nitrogens with zero attached hydrogens (tertiary/aromatic N) is 6. The second-order valence-corrected chi connectivity index (χ2v) is 8.18. The molecule has 7 nitrogen and oxygen atoms in total. The Labute approximate surface area is 188 Å². The number of fused-ring (bicyclic) bond motifs is 1. The average molecular weight is 427 g/mol. The molecule has 0 bridgehead atoms. The third kappa shape index (κ3) is 3.85. The third-order valence-electron chi connectivity index (χ3n) is 6.08. The van der Waals surface area contributed by atoms with Crippen LogP contribution >= 0.6 is 0 Å². The van der Waals surface area contributed by atoms with E-state index in [0.717, 1.165) is 49.7 Å². The number of benzene rings is 2. The van der Waals surface area contributed by atoms with Crippen molar-refractivity contribution in [3.63, 3.8) is 0 Å². The van der Waals surface area contributed by atoms with Crippen molar-refractivity contribution in [3.05, 3.63) is 65.5 Å². The summed E-state index contributed by atoms with van der Waals surface area (Å²) in [5, 5.41) is 19.0. The lowest BCUT2D eigenvalue weighted by molar-refractivity contribution is 0.122. The fourth-order valence-corrected chi connectivity index (χ4v) is 4.44. The molecule has 1 fully saturated rings. The number of aryl methyl sites for hydroxylation is 1. The fraction of sp³-hybridized carbons (Fsp3) is 0.320. The van der Waals surface area contributed by atoms with E-state index in [2.05, 4.69) is 51.3 Å². The Hall–Kier alpha value is -3.63. The van der Waals surface area contributed by atoms with Gasteiger partial charge in [0.2, 0.25) is 5.95 Å². The van der Waals surface area contributed by atoms with Crippen LogP contribution in [0.4, 0.5) is 11.6 Å². The van der Waals surface area contributed by atoms with Crippen molar-refractivity contribution in [2.75, 3.05) is 49.7 Å². The van der Waals surface area contributed by atoms with Crippen LogP contribution in [0.25, 0.3) is 17.3 Å². The minimum atomic E-state index is 0.491. The van der Waals surface area contributed by atoms with Crippen molar-refractivity contribution in [1.82, 2.24) is 14.8 Å². The van der Waals surface area contributed by atoms with E-state index in [1.807, 2.05) is 41.0 Å². The molecule has 1 aromatic heterocycles. The first-order chi connectivity index (χ1) is 15.7. The summed E-state index contributed by atoms with van der Waals surface area (Å²) in [5.41, 5.74) is 5.02. The highest BCUT2D eigenvalue weighted by molar-refractivity contribution is 5.88. The summed E-state index contributed by atoms with van der Waals surface area (Å²) in [6.07, 6.45) is 4.12. The van der Waals surface area contributed by atoms with E-state index in [1.54, 1.807) is 0 Å². The summed E-state index contributed by atoms with van der Waals surface area (Å²) in [7, 11) is 2.13. The number of rotatable bonds is 4. The summed E-state index contributed by atoms with van der Waals surface area (Å²) >= 11 is 0. The minimum absolute atomic E-state index is 0.491. The molecule has 7 heteroatoms. The van der Waals surface area contributed by atoms with Gasteiger partial charge in [0.1, 0.15) is 6.07 Å². The van der Waals surface area contributed by atoms with Gasteiger partial charge in [-0.05, 0) is 54.3 Å². The molecule has 0 aliphatic carbocycles. The molecule has 3 heterocycles. The number of hydrogen-bond acceptors (Lipinski definition) is 6. The molecule has 162 valence electrons. The van der Waals surface area contributed by atoms with E-state index in [0.29, 0.717) is 24.6 Å². The van der Waals surface area contributed by atoms with Gasteiger partial charge in [-0.1, -0.05) is 24.3 Å². The van der Waals surface area contributed by atoms with Crippen LogP contribution in [0.5, 0.6) is 0 Å². The van der Waals surface area contributed by atoms with E-state index in [-0.39, 0.29) is 0 Å². The van der Waals surface area contributed by atoms with Gasteiger partial charge in [-0.25, -0.2) is 0 Å². The van der Waals surface area contributed by atoms with Gasteiger partial charge in [-0.15, -0.1) is 10.2 Å². The molecule has 2 aliphatic rings. The summed E-state index contributed by atoms with van der Waals surface area (Å²) < 4.78 is 7.49. The van der Waals surface area contributed by atoms with Gasteiger partial charge in [-0.2, -0.15) is 5.26 Å². The molecule has 0 atom stereocenters. The molecule has 0 unspecified atom stereocenters. The van der Waals surface area contributed by atoms with Gasteiger partial charge in [0.25, 0.3) is 0 Å². The highest BCUT2D eigenvalue weighted by Gasteiger charge is 2.23. The maximum Gasteiger partial charge on any atom is 0.232 e. The van der Waals surface area contributed by atoms with E-state index < -0.39 is 0 Å². The molecule has 0 amide bonds. The van der Waals surface area contributed by atoms with Crippen molar-refractivity contribution < 1.29 is 4.74 Å². The van der Waals surface area contributed by atoms with Gasteiger partial charge in [0.05, 0.1) is 24.5 Å². The summed E-state index contributed by atoms with van der Waals surface area (Å²) in [4.78, 5) is 4.45. The Morgan fingerprint density at radius 3 is 2.66 bits per heavy atom. The normalized spacial score (nSPS) is 16.6. The van der Waals surface area contributed by atoms with Crippen LogP contribution in [0.1, 0.15) is 23.4 Å². The number of morpholine rings is 1. The first kappa shape index (κ1) is 20.3. The van der Waals surface area contributed by atoms with E-state index in [4.69, 9.17) is 4.74 Å². The first-order valence-electron chi connectivity index (χ1n) is 11.0. The highest BCUT2D eigenvalue weighted by atomic mass is 16.5. The van der Waals surface area contributed by atoms with Gasteiger partial charge in [0, 0.05) is 32.4 Å². The maximum atomic E-state index is 10.1. The molecule has 0 spiro atoms. The minimum Gasteiger partial charge on any atom is -0.378 e. The van der Waals surface area contributed by atoms with Crippen LogP contribution in [0.2, 0.25) is 0 Å². The quantitative estimate of drug-likeness (QED) is 0.594. The van der Waals surface area contributed by atoms with Crippen molar-refractivity contribution in [2.24, 2.45) is 0 Å². The predicted octanol–water partition coefficient (Wildman–Crippen LogP) is 3.55. The lowest BCUT2D eigenvalue weighted by Crippen LogP contribution is -2.38. The number of allylic oxidation sites excluding steroid dienone is 1. The summed E-state index contributed by atoms with van der Waals surface area (Å²) in [5.74, 6) is 1.29. The topological polar surface area (TPSA) is 70.2 Å². The van der Waals surface area contributed by atoms with Crippen LogP contribution in [-0.4, -0.2) is 54.7 Å². The van der Waals surface area contributed by atoms with Crippen molar-refractivity contribution in [1.29, 1.82) is 5.26 Å². The van der Waals surface area contributed by atoms with Gasteiger partial charge in [-0.3, -0.25) is 4.57 Å². The van der Waals surface area contributed by atoms with E-state index in [9.17, 15) is 5.26 Å². The van der Waals surface area contributed by atoms with Crippen molar-refractivity contribution in [2.45, 2.75) is 12.8 Å². The predicted molar refractivity (Wildman–Crippen MR) is 126 cm³/mol. The molecular weight excluding hydrogens is 400 g/mol. The standard InChI is InChI=1S/C25H26N6O/c1-29-11-5-6-20-16-19(9-10-23(20)29)17-21(18-26)24-27-28-25(30-12-14-32-15-13-30)31(24)22-7-3-2-4-8-22/h2-4,7-10,16-17H,5-6,11-15H2,1H3/b21-17-. The Morgan fingerprint density at radius 2 is 1.88 bits per heavy atom. The van der Waals surface area contributed by atoms with Crippen LogP contribution in [0.15, 0.2) is 48.5 Å². The molecular formula is C25H26N6O. The zero-order valence-electron chi connectivity index (χ0n) is 18.2. The van der Waals surface area contributed by atoms with Crippen molar-refractivity contribution >= 4 is 23.3 Å². The van der Waals surface area contributed by atoms with Crippen LogP contribution in [0.3, 0.4) is 0 Å². The highest BCUT2D eigenvalue weighted by Crippen LogP contribution is 2.30. The SMILES string of the molecule is CN1CCCc2cc(/C=C(/C#N)c3nnc(N4CCOCC4)n3-c3ccccc3)ccc21. The lowest BCUT2D eigenvalue weighted by Gasteiger charge is -2.28. The molecule has 0 radical (unpaired) electrons. The second kappa shape index (κ2) is 8.85. The van der Waals surface area contributed by atoms with Gasteiger partial charge < -0.3 is 14.5 Å². The average Bonchev–Trinajstić information content (AvgIpc) is 3.29. The molecule has 2 aliphatic heterocycles. The number of para-hydroxylation sites is 1. The molecule has 1 saturated heterocycles. The molecule has 32 heavy (non-hydrogen) atoms. The molecule has 5 rings (SSSR count). The lowest BCUT2D eigenvalue weighted by atomic mass is 9.98. The molecule has 2 aromatic carbocycles. The zero-order valence-corrected chi connectivity index (χ0v) is 18.2. The Bertz CT molecular complexity index is 1170. The number of aromatic nitrogens is 3. The number of hydrogen-bond donors (Lipinski definition) is 0. The first-order valence-corrected chi connectivity index (χ1v) is 11.0. The molecule has 3 aromatic rings. The second-order valence-electron chi connectivity index (χ2n) is 8.18. The van der Waals surface area contributed by atoms with Gasteiger partial charge in [0.15, 0.2) is 5.82 Å². The van der Waals surface area contributed by atoms with Gasteiger partial charge >= 0.3 is 0 Å². The number of anilines is 2. The van der Waals surface area contributed by atoms with Crippen LogP contribution in [0, 0.1) is 11.3 Å². The Morgan fingerprint density at radius 1 is 1.06 bits per heavy atom. The number of nitriles is 1. The third-order valence-corrected chi connectivity index (χ3v) is 6.08. The van der Waals surface area contributed by atoms with Crippen LogP contribution < -0.4 is 9.80 Å². The molecule has 0 saturated carbocycles. The van der Waals surface area contributed by atoms with E-state index >= 15 is 0 Å². The van der Waals surface area contributed by atoms with Crippen LogP contribution in [-0.2, 0) is 11.2 Å². The van der Waals surface area contributed by atoms with Crippen molar-refractivity contribution in [3.8, 4) is 11.8 Å². The fourth-order valence-electron chi connectivity index (χ4n) is 4.44. The Kier molecular flexibility index (Phi) is 5.61. The summed E-state index contributed by atoms with van der Waals surface area (Å²) in [6.45, 7) is 3.88. The molecule has 0 N–H and O–H groups in total. The zero-order chi connectivity index (χ0) is 21.9. The summed E-state index contributed by atoms with van der Waals surface area (Å²) in [6, 6.07) is 18.8. The monoisotopic (exact) mass is 426 g/mol. The smallest absolute Gasteiger partial charge is 0.232 e. The number of ether oxygens (including phenoxy) is 1. The largest absolute Gasteiger partial charge is 0.378 e.